The monoisotopic (exact) mass is 362 g/mol. The molecule has 2 nitrogen and oxygen atoms in total. The largest absolute Gasteiger partial charge is 0.343 e. The molecule has 0 aliphatic carbocycles. The van der Waals surface area contributed by atoms with Crippen molar-refractivity contribution in [2.75, 3.05) is 13.6 Å². The van der Waals surface area contributed by atoms with E-state index in [1.165, 1.54) is 27.5 Å². The molecule has 2 aromatic heterocycles. The number of benzene rings is 1. The van der Waals surface area contributed by atoms with Crippen LogP contribution in [0.25, 0.3) is 10.2 Å². The van der Waals surface area contributed by atoms with E-state index in [9.17, 15) is 4.39 Å². The van der Waals surface area contributed by atoms with Gasteiger partial charge >= 0.3 is 0 Å². The zero-order valence-electron chi connectivity index (χ0n) is 13.7. The van der Waals surface area contributed by atoms with Crippen molar-refractivity contribution < 1.29 is 4.39 Å². The number of halogens is 2. The number of nitrogens with zero attached hydrogens (tertiary/aromatic N) is 2. The number of aromatic nitrogens is 1. The van der Waals surface area contributed by atoms with E-state index in [1.807, 2.05) is 6.07 Å². The fourth-order valence-corrected chi connectivity index (χ4v) is 4.97. The van der Waals surface area contributed by atoms with Gasteiger partial charge in [0, 0.05) is 37.3 Å². The highest BCUT2D eigenvalue weighted by Gasteiger charge is 2.23. The van der Waals surface area contributed by atoms with Gasteiger partial charge in [0.1, 0.15) is 5.82 Å². The lowest BCUT2D eigenvalue weighted by Crippen LogP contribution is -2.27. The first-order valence-electron chi connectivity index (χ1n) is 8.34. The van der Waals surface area contributed by atoms with Crippen molar-refractivity contribution >= 4 is 33.2 Å². The molecule has 0 saturated heterocycles. The van der Waals surface area contributed by atoms with Crippen LogP contribution in [0.3, 0.4) is 0 Å². The van der Waals surface area contributed by atoms with E-state index in [1.54, 1.807) is 23.5 Å². The molecule has 4 rings (SSSR count). The zero-order valence-corrected chi connectivity index (χ0v) is 15.3. The molecule has 0 amide bonds. The molecule has 24 heavy (non-hydrogen) atoms. The van der Waals surface area contributed by atoms with Crippen molar-refractivity contribution in [3.63, 3.8) is 0 Å². The first-order chi connectivity index (χ1) is 11.6. The van der Waals surface area contributed by atoms with Crippen molar-refractivity contribution in [2.45, 2.75) is 32.4 Å². The van der Waals surface area contributed by atoms with E-state index in [4.69, 9.17) is 11.6 Å². The van der Waals surface area contributed by atoms with Crippen LogP contribution >= 0.6 is 22.9 Å². The number of fused-ring (bicyclic) bond motifs is 3. The summed E-state index contributed by atoms with van der Waals surface area (Å²) in [7, 11) is 2.17. The summed E-state index contributed by atoms with van der Waals surface area (Å²) in [6, 6.07) is 9.02. The summed E-state index contributed by atoms with van der Waals surface area (Å²) >= 11 is 7.96. The molecular weight excluding hydrogens is 343 g/mol. The SMILES string of the molecule is CN1CCc2c(c3sc(Cl)cc3n2CCCc2cccc(F)c2)C1. The van der Waals surface area contributed by atoms with Gasteiger partial charge in [-0.1, -0.05) is 23.7 Å². The molecule has 0 bridgehead atoms. The van der Waals surface area contributed by atoms with Crippen LogP contribution in [0.2, 0.25) is 4.34 Å². The van der Waals surface area contributed by atoms with E-state index < -0.39 is 0 Å². The third-order valence-electron chi connectivity index (χ3n) is 4.82. The van der Waals surface area contributed by atoms with E-state index in [-0.39, 0.29) is 5.82 Å². The summed E-state index contributed by atoms with van der Waals surface area (Å²) in [6.45, 7) is 3.06. The number of rotatable bonds is 4. The van der Waals surface area contributed by atoms with Crippen LogP contribution in [-0.4, -0.2) is 23.1 Å². The van der Waals surface area contributed by atoms with Gasteiger partial charge in [0.05, 0.1) is 14.6 Å². The van der Waals surface area contributed by atoms with Crippen molar-refractivity contribution in [2.24, 2.45) is 0 Å². The van der Waals surface area contributed by atoms with Gasteiger partial charge in [0.15, 0.2) is 0 Å². The maximum Gasteiger partial charge on any atom is 0.123 e. The number of likely N-dealkylation sites (N-methyl/N-ethyl adjacent to an activating group) is 1. The first-order valence-corrected chi connectivity index (χ1v) is 9.53. The predicted molar refractivity (Wildman–Crippen MR) is 99.6 cm³/mol. The lowest BCUT2D eigenvalue weighted by Gasteiger charge is -2.24. The Bertz CT molecular complexity index is 883. The van der Waals surface area contributed by atoms with Gasteiger partial charge in [-0.25, -0.2) is 4.39 Å². The molecule has 0 N–H and O–H groups in total. The normalized spacial score (nSPS) is 15.1. The Labute approximate surface area is 150 Å². The second-order valence-electron chi connectivity index (χ2n) is 6.56. The minimum atomic E-state index is -0.152. The van der Waals surface area contributed by atoms with Gasteiger partial charge in [0.2, 0.25) is 0 Å². The Morgan fingerprint density at radius 2 is 2.17 bits per heavy atom. The second kappa shape index (κ2) is 6.51. The fourth-order valence-electron chi connectivity index (χ4n) is 3.69. The lowest BCUT2D eigenvalue weighted by molar-refractivity contribution is 0.309. The molecule has 0 unspecified atom stereocenters. The molecule has 0 radical (unpaired) electrons. The lowest BCUT2D eigenvalue weighted by atomic mass is 10.1. The third-order valence-corrected chi connectivity index (χ3v) is 6.13. The van der Waals surface area contributed by atoms with Crippen LogP contribution in [0, 0.1) is 5.82 Å². The predicted octanol–water partition coefficient (Wildman–Crippen LogP) is 5.12. The topological polar surface area (TPSA) is 8.17 Å². The summed E-state index contributed by atoms with van der Waals surface area (Å²) in [6.07, 6.45) is 2.98. The van der Waals surface area contributed by atoms with Crippen molar-refractivity contribution in [1.82, 2.24) is 9.47 Å². The number of hydrogen-bond donors (Lipinski definition) is 0. The van der Waals surface area contributed by atoms with Crippen molar-refractivity contribution in [1.29, 1.82) is 0 Å². The highest BCUT2D eigenvalue weighted by Crippen LogP contribution is 2.38. The van der Waals surface area contributed by atoms with Crippen LogP contribution in [0.15, 0.2) is 30.3 Å². The van der Waals surface area contributed by atoms with Gasteiger partial charge in [-0.05, 0) is 43.7 Å². The number of hydrogen-bond acceptors (Lipinski definition) is 2. The Balaban J connectivity index is 1.59. The quantitative estimate of drug-likeness (QED) is 0.625. The second-order valence-corrected chi connectivity index (χ2v) is 8.25. The molecule has 0 saturated carbocycles. The Hall–Kier alpha value is -1.36. The summed E-state index contributed by atoms with van der Waals surface area (Å²) in [5.74, 6) is -0.152. The van der Waals surface area contributed by atoms with Gasteiger partial charge in [-0.15, -0.1) is 11.3 Å². The Morgan fingerprint density at radius 1 is 1.29 bits per heavy atom. The molecule has 1 aliphatic rings. The maximum atomic E-state index is 13.3. The highest BCUT2D eigenvalue weighted by molar-refractivity contribution is 7.22. The van der Waals surface area contributed by atoms with Gasteiger partial charge in [0.25, 0.3) is 0 Å². The van der Waals surface area contributed by atoms with Crippen molar-refractivity contribution in [3.8, 4) is 0 Å². The molecule has 0 spiro atoms. The van der Waals surface area contributed by atoms with Crippen LogP contribution in [0.5, 0.6) is 0 Å². The Morgan fingerprint density at radius 3 is 3.00 bits per heavy atom. The molecule has 126 valence electrons. The van der Waals surface area contributed by atoms with Crippen LogP contribution in [-0.2, 0) is 25.9 Å². The molecule has 0 fully saturated rings. The molecule has 1 aromatic carbocycles. The molecular formula is C19H20ClFN2S. The Kier molecular flexibility index (Phi) is 4.37. The molecule has 5 heteroatoms. The van der Waals surface area contributed by atoms with E-state index in [2.05, 4.69) is 22.6 Å². The van der Waals surface area contributed by atoms with E-state index >= 15 is 0 Å². The van der Waals surface area contributed by atoms with E-state index in [0.29, 0.717) is 0 Å². The molecule has 3 aromatic rings. The summed E-state index contributed by atoms with van der Waals surface area (Å²) in [4.78, 5) is 2.37. The standard InChI is InChI=1S/C19H20ClFN2S/c1-22-9-7-16-15(12-22)19-17(11-18(20)24-19)23(16)8-3-5-13-4-2-6-14(21)10-13/h2,4,6,10-11H,3,5,7-9,12H2,1H3. The van der Waals surface area contributed by atoms with Crippen molar-refractivity contribution in [3.05, 3.63) is 57.3 Å². The van der Waals surface area contributed by atoms with Crippen LogP contribution in [0.1, 0.15) is 23.2 Å². The van der Waals surface area contributed by atoms with E-state index in [0.717, 1.165) is 48.8 Å². The molecule has 3 heterocycles. The average molecular weight is 363 g/mol. The number of aryl methyl sites for hydroxylation is 2. The fraction of sp³-hybridized carbons (Fsp3) is 0.368. The summed E-state index contributed by atoms with van der Waals surface area (Å²) in [5.41, 5.74) is 5.24. The first kappa shape index (κ1) is 16.1. The third kappa shape index (κ3) is 2.99. The van der Waals surface area contributed by atoms with Gasteiger partial charge in [-0.2, -0.15) is 0 Å². The summed E-state index contributed by atoms with van der Waals surface area (Å²) in [5, 5.41) is 0. The highest BCUT2D eigenvalue weighted by atomic mass is 35.5. The van der Waals surface area contributed by atoms with Crippen LogP contribution < -0.4 is 0 Å². The number of thiophene rings is 1. The van der Waals surface area contributed by atoms with Gasteiger partial charge < -0.3 is 9.47 Å². The van der Waals surface area contributed by atoms with Crippen LogP contribution in [0.4, 0.5) is 4.39 Å². The average Bonchev–Trinajstić information content (AvgIpc) is 3.04. The van der Waals surface area contributed by atoms with Gasteiger partial charge in [-0.3, -0.25) is 0 Å². The molecule has 0 atom stereocenters. The minimum Gasteiger partial charge on any atom is -0.343 e. The maximum absolute atomic E-state index is 13.3. The molecule has 1 aliphatic heterocycles. The summed E-state index contributed by atoms with van der Waals surface area (Å²) < 4.78 is 18.0. The minimum absolute atomic E-state index is 0.152. The zero-order chi connectivity index (χ0) is 16.7. The smallest absolute Gasteiger partial charge is 0.123 e.